The van der Waals surface area contributed by atoms with Crippen molar-refractivity contribution in [2.45, 2.75) is 25.9 Å². The van der Waals surface area contributed by atoms with E-state index in [1.807, 2.05) is 18.2 Å². The second kappa shape index (κ2) is 8.43. The van der Waals surface area contributed by atoms with E-state index in [-0.39, 0.29) is 30.5 Å². The molecule has 2 amide bonds. The van der Waals surface area contributed by atoms with E-state index in [0.717, 1.165) is 21.5 Å². The fourth-order valence-corrected chi connectivity index (χ4v) is 3.93. The largest absolute Gasteiger partial charge is 0.462 e. The molecule has 0 spiro atoms. The molecule has 3 aromatic rings. The van der Waals surface area contributed by atoms with Crippen molar-refractivity contribution in [3.63, 3.8) is 0 Å². The lowest BCUT2D eigenvalue weighted by molar-refractivity contribution is -0.121. The molecule has 32 heavy (non-hydrogen) atoms. The van der Waals surface area contributed by atoms with Gasteiger partial charge in [-0.05, 0) is 48.9 Å². The first-order chi connectivity index (χ1) is 15.3. The number of carbonyl (C=O) groups excluding carboxylic acids is 3. The molecule has 0 radical (unpaired) electrons. The normalized spacial score (nSPS) is 16.2. The number of rotatable bonds is 6. The summed E-state index contributed by atoms with van der Waals surface area (Å²) in [4.78, 5) is 50.4. The molecule has 0 bridgehead atoms. The summed E-state index contributed by atoms with van der Waals surface area (Å²) in [6, 6.07) is 11.2. The Balaban J connectivity index is 1.46. The Labute approximate surface area is 184 Å². The Bertz CT molecular complexity index is 1270. The highest BCUT2D eigenvalue weighted by atomic mass is 16.5. The smallest absolute Gasteiger partial charge is 0.338 e. The summed E-state index contributed by atoms with van der Waals surface area (Å²) in [5.74, 6) is -1.10. The molecule has 1 aliphatic heterocycles. The molecule has 0 saturated carbocycles. The number of ether oxygens (including phenoxy) is 1. The zero-order valence-corrected chi connectivity index (χ0v) is 18.1. The van der Waals surface area contributed by atoms with Gasteiger partial charge in [-0.15, -0.1) is 0 Å². The van der Waals surface area contributed by atoms with Crippen LogP contribution in [0.25, 0.3) is 11.0 Å². The Morgan fingerprint density at radius 3 is 2.41 bits per heavy atom. The molecule has 1 aromatic heterocycles. The van der Waals surface area contributed by atoms with Crippen molar-refractivity contribution in [1.29, 1.82) is 0 Å². The second-order valence-electron chi connectivity index (χ2n) is 7.70. The third-order valence-electron chi connectivity index (χ3n) is 5.67. The molecule has 1 fully saturated rings. The summed E-state index contributed by atoms with van der Waals surface area (Å²) in [6.45, 7) is 2.36. The highest BCUT2D eigenvalue weighted by molar-refractivity contribution is 6.22. The quantitative estimate of drug-likeness (QED) is 0.464. The van der Waals surface area contributed by atoms with E-state index in [4.69, 9.17) is 4.74 Å². The van der Waals surface area contributed by atoms with Gasteiger partial charge in [0.05, 0.1) is 41.4 Å². The van der Waals surface area contributed by atoms with E-state index in [9.17, 15) is 19.2 Å². The Morgan fingerprint density at radius 1 is 1.03 bits per heavy atom. The van der Waals surface area contributed by atoms with Crippen molar-refractivity contribution in [2.75, 3.05) is 11.5 Å². The average Bonchev–Trinajstić information content (AvgIpc) is 3.19. The number of hydrogen-bond donors (Lipinski definition) is 1. The number of nitrogens with one attached hydrogen (secondary N) is 1. The first kappa shape index (κ1) is 21.5. The Hall–Kier alpha value is -3.72. The molecule has 1 aliphatic rings. The molecule has 166 valence electrons. The molecule has 2 heterocycles. The van der Waals surface area contributed by atoms with Crippen molar-refractivity contribution in [2.24, 2.45) is 14.1 Å². The molecule has 1 N–H and O–H groups in total. The third kappa shape index (κ3) is 3.71. The number of esters is 1. The number of imidazole rings is 1. The standard InChI is InChI=1S/C23H24N4O5/c1-4-32-22(30)15-6-8-16(9-7-15)27-20(28)12-17(21(27)29)24-13-14-5-10-18-19(11-14)26(3)23(31)25(18)2/h5-11,17,24H,4,12-13H2,1-3H3/t17-/m1/s1. The number of fused-ring (bicyclic) bond motifs is 1. The maximum Gasteiger partial charge on any atom is 0.338 e. The summed E-state index contributed by atoms with van der Waals surface area (Å²) in [7, 11) is 3.44. The molecule has 1 saturated heterocycles. The number of carbonyl (C=O) groups is 3. The van der Waals surface area contributed by atoms with Gasteiger partial charge < -0.3 is 10.1 Å². The first-order valence-electron chi connectivity index (χ1n) is 10.3. The van der Waals surface area contributed by atoms with Crippen LogP contribution in [0, 0.1) is 0 Å². The SMILES string of the molecule is CCOC(=O)c1ccc(N2C(=O)C[C@@H](NCc3ccc4c(c3)n(C)c(=O)n4C)C2=O)cc1. The number of hydrogen-bond acceptors (Lipinski definition) is 6. The van der Waals surface area contributed by atoms with Crippen molar-refractivity contribution < 1.29 is 19.1 Å². The molecule has 9 heteroatoms. The Morgan fingerprint density at radius 2 is 1.72 bits per heavy atom. The van der Waals surface area contributed by atoms with Crippen molar-refractivity contribution >= 4 is 34.5 Å². The number of aromatic nitrogens is 2. The number of aryl methyl sites for hydroxylation is 2. The van der Waals surface area contributed by atoms with E-state index < -0.39 is 12.0 Å². The average molecular weight is 436 g/mol. The Kier molecular flexibility index (Phi) is 5.67. The minimum Gasteiger partial charge on any atom is -0.462 e. The van der Waals surface area contributed by atoms with Gasteiger partial charge in [0.2, 0.25) is 5.91 Å². The van der Waals surface area contributed by atoms with E-state index in [1.165, 1.54) is 12.1 Å². The number of anilines is 1. The number of nitrogens with zero attached hydrogens (tertiary/aromatic N) is 3. The number of imide groups is 1. The number of amides is 2. The lowest BCUT2D eigenvalue weighted by Gasteiger charge is -2.16. The molecule has 4 rings (SSSR count). The van der Waals surface area contributed by atoms with Crippen LogP contribution >= 0.6 is 0 Å². The molecule has 0 unspecified atom stereocenters. The molecule has 1 atom stereocenters. The van der Waals surface area contributed by atoms with E-state index in [1.54, 1.807) is 42.3 Å². The van der Waals surface area contributed by atoms with Crippen molar-refractivity contribution in [3.05, 3.63) is 64.1 Å². The first-order valence-corrected chi connectivity index (χ1v) is 10.3. The zero-order chi connectivity index (χ0) is 23.0. The minimum atomic E-state index is -0.650. The van der Waals surface area contributed by atoms with Crippen LogP contribution in [0.1, 0.15) is 29.3 Å². The molecule has 0 aliphatic carbocycles. The van der Waals surface area contributed by atoms with Gasteiger partial charge in [0, 0.05) is 20.6 Å². The molecule has 2 aromatic carbocycles. The maximum absolute atomic E-state index is 12.9. The predicted octanol–water partition coefficient (Wildman–Crippen LogP) is 1.48. The summed E-state index contributed by atoms with van der Waals surface area (Å²) in [6.07, 6.45) is 0.0462. The van der Waals surface area contributed by atoms with Gasteiger partial charge in [0.25, 0.3) is 5.91 Å². The van der Waals surface area contributed by atoms with E-state index in [0.29, 0.717) is 17.8 Å². The summed E-state index contributed by atoms with van der Waals surface area (Å²) in [5.41, 5.74) is 3.19. The van der Waals surface area contributed by atoms with Gasteiger partial charge in [-0.25, -0.2) is 14.5 Å². The highest BCUT2D eigenvalue weighted by Gasteiger charge is 2.39. The van der Waals surface area contributed by atoms with Crippen LogP contribution in [0.2, 0.25) is 0 Å². The lowest BCUT2D eigenvalue weighted by Crippen LogP contribution is -2.38. The minimum absolute atomic E-state index is 0.0462. The van der Waals surface area contributed by atoms with E-state index >= 15 is 0 Å². The van der Waals surface area contributed by atoms with Gasteiger partial charge in [-0.1, -0.05) is 6.07 Å². The maximum atomic E-state index is 12.9. The highest BCUT2D eigenvalue weighted by Crippen LogP contribution is 2.24. The van der Waals surface area contributed by atoms with Gasteiger partial charge >= 0.3 is 11.7 Å². The van der Waals surface area contributed by atoms with Gasteiger partial charge in [0.1, 0.15) is 0 Å². The zero-order valence-electron chi connectivity index (χ0n) is 18.1. The fourth-order valence-electron chi connectivity index (χ4n) is 3.93. The fraction of sp³-hybridized carbons (Fsp3) is 0.304. The van der Waals surface area contributed by atoms with Crippen molar-refractivity contribution in [3.8, 4) is 0 Å². The van der Waals surface area contributed by atoms with Crippen LogP contribution in [0.4, 0.5) is 5.69 Å². The van der Waals surface area contributed by atoms with Crippen LogP contribution in [-0.2, 0) is 35.0 Å². The molecule has 9 nitrogen and oxygen atoms in total. The van der Waals surface area contributed by atoms with Crippen LogP contribution in [0.3, 0.4) is 0 Å². The monoisotopic (exact) mass is 436 g/mol. The summed E-state index contributed by atoms with van der Waals surface area (Å²) in [5, 5.41) is 3.15. The van der Waals surface area contributed by atoms with Crippen LogP contribution in [0.15, 0.2) is 47.3 Å². The second-order valence-corrected chi connectivity index (χ2v) is 7.70. The van der Waals surface area contributed by atoms with Crippen LogP contribution in [0.5, 0.6) is 0 Å². The third-order valence-corrected chi connectivity index (χ3v) is 5.67. The topological polar surface area (TPSA) is 103 Å². The van der Waals surface area contributed by atoms with Gasteiger partial charge in [0.15, 0.2) is 0 Å². The molecular weight excluding hydrogens is 412 g/mol. The summed E-state index contributed by atoms with van der Waals surface area (Å²) >= 11 is 0. The molecular formula is C23H24N4O5. The van der Waals surface area contributed by atoms with Crippen molar-refractivity contribution in [1.82, 2.24) is 14.5 Å². The van der Waals surface area contributed by atoms with Crippen LogP contribution in [-0.4, -0.2) is 39.6 Å². The van der Waals surface area contributed by atoms with Gasteiger partial charge in [-0.3, -0.25) is 18.7 Å². The van der Waals surface area contributed by atoms with E-state index in [2.05, 4.69) is 5.32 Å². The summed E-state index contributed by atoms with van der Waals surface area (Å²) < 4.78 is 8.11. The van der Waals surface area contributed by atoms with Crippen LogP contribution < -0.4 is 15.9 Å². The number of benzene rings is 2. The lowest BCUT2D eigenvalue weighted by atomic mass is 10.1. The predicted molar refractivity (Wildman–Crippen MR) is 118 cm³/mol. The van der Waals surface area contributed by atoms with Gasteiger partial charge in [-0.2, -0.15) is 0 Å².